The van der Waals surface area contributed by atoms with E-state index in [-0.39, 0.29) is 24.0 Å². The molecule has 10 nitrogen and oxygen atoms in total. The summed E-state index contributed by atoms with van der Waals surface area (Å²) in [6, 6.07) is 9.69. The maximum atomic E-state index is 13.1. The topological polar surface area (TPSA) is 157 Å². The van der Waals surface area contributed by atoms with Gasteiger partial charge in [0, 0.05) is 35.7 Å². The fourth-order valence-corrected chi connectivity index (χ4v) is 5.06. The standard InChI is InChI=1S/C21H23N5O5S2/c22-33(29,30)31-11-14-7-15(8-18(14)27)26-20-17(10-23-12-25-20)19(28)21-24-9-16(32-21)6-13-4-2-1-3-5-13/h1-5,9-10,12,14-15,18,27H,6-8,11H2,(H2,22,29,30)(H,23,25,26)/t14-,15-,18+/m1/s1. The van der Waals surface area contributed by atoms with Crippen LogP contribution in [0.1, 0.15) is 38.6 Å². The monoisotopic (exact) mass is 489 g/mol. The van der Waals surface area contributed by atoms with Gasteiger partial charge in [0.05, 0.1) is 18.3 Å². The van der Waals surface area contributed by atoms with E-state index in [0.29, 0.717) is 30.1 Å². The van der Waals surface area contributed by atoms with E-state index in [9.17, 15) is 18.3 Å². The van der Waals surface area contributed by atoms with Gasteiger partial charge in [0.2, 0.25) is 5.78 Å². The molecule has 174 valence electrons. The van der Waals surface area contributed by atoms with Crippen LogP contribution in [0.3, 0.4) is 0 Å². The Kier molecular flexibility index (Phi) is 7.10. The van der Waals surface area contributed by atoms with Crippen LogP contribution in [0.5, 0.6) is 0 Å². The number of nitrogens with zero attached hydrogens (tertiary/aromatic N) is 3. The van der Waals surface area contributed by atoms with E-state index >= 15 is 0 Å². The van der Waals surface area contributed by atoms with Gasteiger partial charge < -0.3 is 10.4 Å². The lowest BCUT2D eigenvalue weighted by molar-refractivity contribution is 0.101. The van der Waals surface area contributed by atoms with Gasteiger partial charge in [-0.05, 0) is 18.4 Å². The molecule has 1 saturated carbocycles. The maximum Gasteiger partial charge on any atom is 0.333 e. The average molecular weight is 490 g/mol. The Morgan fingerprint density at radius 2 is 2.00 bits per heavy atom. The zero-order valence-corrected chi connectivity index (χ0v) is 19.1. The molecule has 12 heteroatoms. The van der Waals surface area contributed by atoms with Crippen LogP contribution in [0.15, 0.2) is 49.1 Å². The second kappa shape index (κ2) is 10.0. The van der Waals surface area contributed by atoms with Crippen LogP contribution in [0.25, 0.3) is 0 Å². The molecule has 1 fully saturated rings. The molecular weight excluding hydrogens is 466 g/mol. The summed E-state index contributed by atoms with van der Waals surface area (Å²) in [5.41, 5.74) is 1.41. The molecule has 3 aromatic rings. The lowest BCUT2D eigenvalue weighted by Gasteiger charge is -2.15. The zero-order chi connectivity index (χ0) is 23.4. The molecule has 0 bridgehead atoms. The van der Waals surface area contributed by atoms with Crippen LogP contribution in [-0.2, 0) is 20.9 Å². The van der Waals surface area contributed by atoms with Gasteiger partial charge in [-0.1, -0.05) is 30.3 Å². The van der Waals surface area contributed by atoms with Crippen molar-refractivity contribution in [3.63, 3.8) is 0 Å². The van der Waals surface area contributed by atoms with Crippen LogP contribution in [0, 0.1) is 5.92 Å². The first-order chi connectivity index (χ1) is 15.8. The number of nitrogens with one attached hydrogen (secondary N) is 1. The summed E-state index contributed by atoms with van der Waals surface area (Å²) in [5, 5.41) is 18.6. The molecule has 33 heavy (non-hydrogen) atoms. The molecule has 2 heterocycles. The second-order valence-electron chi connectivity index (χ2n) is 7.83. The first-order valence-electron chi connectivity index (χ1n) is 10.2. The van der Waals surface area contributed by atoms with E-state index in [1.54, 1.807) is 6.20 Å². The highest BCUT2D eigenvalue weighted by Gasteiger charge is 2.35. The number of carbonyl (C=O) groups excluding carboxylic acids is 1. The summed E-state index contributed by atoms with van der Waals surface area (Å²) >= 11 is 1.32. The molecule has 4 N–H and O–H groups in total. The van der Waals surface area contributed by atoms with Gasteiger partial charge in [-0.2, -0.15) is 8.42 Å². The second-order valence-corrected chi connectivity index (χ2v) is 10.2. The molecule has 2 aromatic heterocycles. The molecule has 0 saturated heterocycles. The highest BCUT2D eigenvalue weighted by molar-refractivity contribution is 7.84. The van der Waals surface area contributed by atoms with Gasteiger partial charge in [-0.3, -0.25) is 8.98 Å². The molecule has 3 atom stereocenters. The number of anilines is 1. The van der Waals surface area contributed by atoms with Crippen molar-refractivity contribution in [2.45, 2.75) is 31.4 Å². The van der Waals surface area contributed by atoms with Gasteiger partial charge in [-0.25, -0.2) is 20.1 Å². The fourth-order valence-electron chi connectivity index (χ4n) is 3.79. The number of rotatable bonds is 9. The maximum absolute atomic E-state index is 13.1. The van der Waals surface area contributed by atoms with Gasteiger partial charge in [0.15, 0.2) is 5.01 Å². The summed E-state index contributed by atoms with van der Waals surface area (Å²) in [7, 11) is -4.08. The number of ketones is 1. The molecular formula is C21H23N5O5S2. The van der Waals surface area contributed by atoms with Crippen molar-refractivity contribution >= 4 is 33.2 Å². The molecule has 0 spiro atoms. The van der Waals surface area contributed by atoms with Crippen molar-refractivity contribution in [2.75, 3.05) is 11.9 Å². The zero-order valence-electron chi connectivity index (χ0n) is 17.5. The van der Waals surface area contributed by atoms with Crippen LogP contribution < -0.4 is 10.5 Å². The van der Waals surface area contributed by atoms with Crippen LogP contribution in [-0.4, -0.2) is 53.0 Å². The first-order valence-corrected chi connectivity index (χ1v) is 12.5. The van der Waals surface area contributed by atoms with E-state index < -0.39 is 22.3 Å². The third-order valence-corrected chi connectivity index (χ3v) is 6.83. The highest BCUT2D eigenvalue weighted by Crippen LogP contribution is 2.30. The minimum atomic E-state index is -4.08. The molecule has 1 aliphatic rings. The summed E-state index contributed by atoms with van der Waals surface area (Å²) in [4.78, 5) is 26.6. The van der Waals surface area contributed by atoms with Crippen LogP contribution in [0.4, 0.5) is 5.82 Å². The number of carbonyl (C=O) groups is 1. The summed E-state index contributed by atoms with van der Waals surface area (Å²) in [6.45, 7) is -0.211. The molecule has 0 radical (unpaired) electrons. The Hall–Kier alpha value is -2.77. The molecule has 4 rings (SSSR count). The van der Waals surface area contributed by atoms with E-state index in [0.717, 1.165) is 10.4 Å². The third-order valence-electron chi connectivity index (χ3n) is 5.37. The van der Waals surface area contributed by atoms with E-state index in [1.807, 2.05) is 30.3 Å². The SMILES string of the molecule is NS(=O)(=O)OC[C@H]1C[C@@H](Nc2ncncc2C(=O)c2ncc(Cc3ccccc3)s2)C[C@@H]1O. The third kappa shape index (κ3) is 6.18. The fraction of sp³-hybridized carbons (Fsp3) is 0.333. The average Bonchev–Trinajstić information content (AvgIpc) is 3.38. The Bertz CT molecular complexity index is 1220. The molecule has 0 aliphatic heterocycles. The number of benzene rings is 1. The van der Waals surface area contributed by atoms with Crippen molar-refractivity contribution < 1.29 is 22.5 Å². The number of nitrogens with two attached hydrogens (primary N) is 1. The lowest BCUT2D eigenvalue weighted by atomic mass is 10.1. The minimum Gasteiger partial charge on any atom is -0.393 e. The Morgan fingerprint density at radius 1 is 1.21 bits per heavy atom. The predicted molar refractivity (Wildman–Crippen MR) is 122 cm³/mol. The molecule has 0 amide bonds. The normalized spacial score (nSPS) is 20.6. The first kappa shape index (κ1) is 23.4. The summed E-state index contributed by atoms with van der Waals surface area (Å²) in [6.07, 6.45) is 5.14. The quantitative estimate of drug-likeness (QED) is 0.379. The van der Waals surface area contributed by atoms with Crippen molar-refractivity contribution in [2.24, 2.45) is 11.1 Å². The lowest BCUT2D eigenvalue weighted by Crippen LogP contribution is -2.24. The van der Waals surface area contributed by atoms with Gasteiger partial charge in [0.1, 0.15) is 12.1 Å². The number of aliphatic hydroxyl groups is 1. The summed E-state index contributed by atoms with van der Waals surface area (Å²) in [5.74, 6) is -0.378. The van der Waals surface area contributed by atoms with E-state index in [1.165, 1.54) is 23.9 Å². The van der Waals surface area contributed by atoms with Crippen molar-refractivity contribution in [3.8, 4) is 0 Å². The van der Waals surface area contributed by atoms with Crippen molar-refractivity contribution in [1.29, 1.82) is 0 Å². The summed E-state index contributed by atoms with van der Waals surface area (Å²) < 4.78 is 26.7. The Balaban J connectivity index is 1.44. The smallest absolute Gasteiger partial charge is 0.333 e. The molecule has 1 aromatic carbocycles. The largest absolute Gasteiger partial charge is 0.393 e. The van der Waals surface area contributed by atoms with Gasteiger partial charge in [-0.15, -0.1) is 11.3 Å². The Morgan fingerprint density at radius 3 is 2.76 bits per heavy atom. The van der Waals surface area contributed by atoms with E-state index in [2.05, 4.69) is 24.5 Å². The van der Waals surface area contributed by atoms with Crippen LogP contribution in [0.2, 0.25) is 0 Å². The Labute approximate surface area is 195 Å². The van der Waals surface area contributed by atoms with Crippen LogP contribution >= 0.6 is 11.3 Å². The van der Waals surface area contributed by atoms with E-state index in [4.69, 9.17) is 5.14 Å². The number of aromatic nitrogens is 3. The van der Waals surface area contributed by atoms with Crippen molar-refractivity contribution in [1.82, 2.24) is 15.0 Å². The van der Waals surface area contributed by atoms with Crippen molar-refractivity contribution in [3.05, 3.63) is 70.1 Å². The highest BCUT2D eigenvalue weighted by atomic mass is 32.2. The number of hydrogen-bond donors (Lipinski definition) is 3. The number of thiazole rings is 1. The minimum absolute atomic E-state index is 0.211. The number of hydrogen-bond acceptors (Lipinski definition) is 10. The van der Waals surface area contributed by atoms with Gasteiger partial charge >= 0.3 is 10.3 Å². The molecule has 1 aliphatic carbocycles. The molecule has 0 unspecified atom stereocenters. The van der Waals surface area contributed by atoms with Gasteiger partial charge in [0.25, 0.3) is 0 Å². The predicted octanol–water partition coefficient (Wildman–Crippen LogP) is 1.53. The number of aliphatic hydroxyl groups excluding tert-OH is 1.